The van der Waals surface area contributed by atoms with Crippen LogP contribution in [-0.4, -0.2) is 25.2 Å². The quantitative estimate of drug-likeness (QED) is 0.539. The molecule has 21 heavy (non-hydrogen) atoms. The number of esters is 2. The first-order valence-electron chi connectivity index (χ1n) is 8.23. The van der Waals surface area contributed by atoms with Gasteiger partial charge in [-0.3, -0.25) is 9.59 Å². The fraction of sp³-hybridized carbons (Fsp3) is 0.882. The van der Waals surface area contributed by atoms with Crippen LogP contribution in [0.4, 0.5) is 0 Å². The van der Waals surface area contributed by atoms with Gasteiger partial charge >= 0.3 is 11.9 Å². The van der Waals surface area contributed by atoms with E-state index in [0.29, 0.717) is 19.6 Å². The molecule has 0 radical (unpaired) electrons. The Labute approximate surface area is 129 Å². The molecule has 0 N–H and O–H groups in total. The van der Waals surface area contributed by atoms with Gasteiger partial charge < -0.3 is 9.47 Å². The zero-order chi connectivity index (χ0) is 16.3. The summed E-state index contributed by atoms with van der Waals surface area (Å²) in [5.41, 5.74) is -0.246. The first-order valence-corrected chi connectivity index (χ1v) is 8.23. The molecule has 0 bridgehead atoms. The molecular formula is C17H32O4. The minimum absolute atomic E-state index is 0.131. The fourth-order valence-corrected chi connectivity index (χ4v) is 2.02. The predicted molar refractivity (Wildman–Crippen MR) is 83.9 cm³/mol. The Morgan fingerprint density at radius 1 is 1.00 bits per heavy atom. The molecule has 124 valence electrons. The van der Waals surface area contributed by atoms with Crippen molar-refractivity contribution < 1.29 is 19.1 Å². The molecule has 0 spiro atoms. The topological polar surface area (TPSA) is 52.6 Å². The van der Waals surface area contributed by atoms with Crippen LogP contribution in [0.25, 0.3) is 0 Å². The number of carbonyl (C=O) groups is 2. The monoisotopic (exact) mass is 300 g/mol. The molecule has 0 amide bonds. The van der Waals surface area contributed by atoms with Crippen LogP contribution in [-0.2, 0) is 19.1 Å². The van der Waals surface area contributed by atoms with Gasteiger partial charge in [-0.25, -0.2) is 0 Å². The molecule has 0 aromatic rings. The van der Waals surface area contributed by atoms with Crippen molar-refractivity contribution in [3.63, 3.8) is 0 Å². The number of carbonyl (C=O) groups excluding carboxylic acids is 2. The predicted octanol–water partition coefficient (Wildman–Crippen LogP) is 4.12. The molecule has 0 fully saturated rings. The lowest BCUT2D eigenvalue weighted by molar-refractivity contribution is -0.157. The Kier molecular flexibility index (Phi) is 10.1. The Morgan fingerprint density at radius 2 is 1.62 bits per heavy atom. The fourth-order valence-electron chi connectivity index (χ4n) is 2.02. The van der Waals surface area contributed by atoms with Gasteiger partial charge in [-0.2, -0.15) is 0 Å². The summed E-state index contributed by atoms with van der Waals surface area (Å²) in [6.45, 7) is 10.5. The van der Waals surface area contributed by atoms with E-state index in [9.17, 15) is 9.59 Å². The summed E-state index contributed by atoms with van der Waals surface area (Å²) in [4.78, 5) is 23.3. The first kappa shape index (κ1) is 19.9. The van der Waals surface area contributed by atoms with Gasteiger partial charge in [0.15, 0.2) is 0 Å². The average molecular weight is 300 g/mol. The van der Waals surface area contributed by atoms with Crippen LogP contribution in [0, 0.1) is 11.3 Å². The van der Waals surface area contributed by atoms with E-state index in [-0.39, 0.29) is 23.3 Å². The van der Waals surface area contributed by atoms with Crippen LogP contribution in [0.1, 0.15) is 73.1 Å². The number of rotatable bonds is 11. The van der Waals surface area contributed by atoms with E-state index in [1.54, 1.807) is 0 Å². The van der Waals surface area contributed by atoms with Gasteiger partial charge in [-0.1, -0.05) is 47.5 Å². The third-order valence-corrected chi connectivity index (χ3v) is 3.80. The molecule has 0 aliphatic heterocycles. The van der Waals surface area contributed by atoms with E-state index in [1.807, 2.05) is 20.8 Å². The molecule has 4 heteroatoms. The zero-order valence-electron chi connectivity index (χ0n) is 14.4. The molecule has 0 aliphatic carbocycles. The van der Waals surface area contributed by atoms with Crippen molar-refractivity contribution in [2.45, 2.75) is 73.1 Å². The second-order valence-corrected chi connectivity index (χ2v) is 6.13. The molecule has 1 atom stereocenters. The SMILES string of the molecule is CCCCC(CC)(COC(=O)CCC)COC(=O)C(C)C. The highest BCUT2D eigenvalue weighted by Crippen LogP contribution is 2.30. The van der Waals surface area contributed by atoms with E-state index < -0.39 is 0 Å². The zero-order valence-corrected chi connectivity index (χ0v) is 14.4. The minimum atomic E-state index is -0.246. The molecule has 4 nitrogen and oxygen atoms in total. The second-order valence-electron chi connectivity index (χ2n) is 6.13. The van der Waals surface area contributed by atoms with Crippen molar-refractivity contribution in [1.29, 1.82) is 0 Å². The van der Waals surface area contributed by atoms with Gasteiger partial charge in [0.05, 0.1) is 5.92 Å². The van der Waals surface area contributed by atoms with Crippen molar-refractivity contribution in [2.75, 3.05) is 13.2 Å². The van der Waals surface area contributed by atoms with Crippen molar-refractivity contribution >= 4 is 11.9 Å². The van der Waals surface area contributed by atoms with E-state index in [0.717, 1.165) is 32.1 Å². The Bertz CT molecular complexity index is 312. The van der Waals surface area contributed by atoms with Gasteiger partial charge in [-0.15, -0.1) is 0 Å². The van der Waals surface area contributed by atoms with Crippen molar-refractivity contribution in [1.82, 2.24) is 0 Å². The van der Waals surface area contributed by atoms with Gasteiger partial charge in [0.25, 0.3) is 0 Å². The van der Waals surface area contributed by atoms with E-state index in [1.165, 1.54) is 0 Å². The van der Waals surface area contributed by atoms with Gasteiger partial charge in [0.2, 0.25) is 0 Å². The van der Waals surface area contributed by atoms with Crippen molar-refractivity contribution in [2.24, 2.45) is 11.3 Å². The second kappa shape index (κ2) is 10.6. The Morgan fingerprint density at radius 3 is 2.10 bits per heavy atom. The van der Waals surface area contributed by atoms with Gasteiger partial charge in [0, 0.05) is 11.8 Å². The van der Waals surface area contributed by atoms with Gasteiger partial charge in [0.1, 0.15) is 13.2 Å². The summed E-state index contributed by atoms with van der Waals surface area (Å²) < 4.78 is 10.8. The van der Waals surface area contributed by atoms with Crippen LogP contribution in [0.15, 0.2) is 0 Å². The van der Waals surface area contributed by atoms with E-state index in [2.05, 4.69) is 13.8 Å². The summed E-state index contributed by atoms with van der Waals surface area (Å²) in [6.07, 6.45) is 5.08. The summed E-state index contributed by atoms with van der Waals surface area (Å²) in [5.74, 6) is -0.486. The van der Waals surface area contributed by atoms with Gasteiger partial charge in [-0.05, 0) is 19.3 Å². The third kappa shape index (κ3) is 8.08. The highest BCUT2D eigenvalue weighted by molar-refractivity contribution is 5.71. The highest BCUT2D eigenvalue weighted by atomic mass is 16.5. The van der Waals surface area contributed by atoms with Crippen LogP contribution in [0.3, 0.4) is 0 Å². The molecule has 0 heterocycles. The molecule has 0 rings (SSSR count). The number of ether oxygens (including phenoxy) is 2. The molecule has 0 aromatic carbocycles. The Balaban J connectivity index is 4.65. The minimum Gasteiger partial charge on any atom is -0.465 e. The number of hydrogen-bond acceptors (Lipinski definition) is 4. The van der Waals surface area contributed by atoms with E-state index in [4.69, 9.17) is 9.47 Å². The Hall–Kier alpha value is -1.06. The highest BCUT2D eigenvalue weighted by Gasteiger charge is 2.31. The summed E-state index contributed by atoms with van der Waals surface area (Å²) in [6, 6.07) is 0. The molecule has 0 saturated carbocycles. The maximum Gasteiger partial charge on any atom is 0.308 e. The van der Waals surface area contributed by atoms with Crippen molar-refractivity contribution in [3.8, 4) is 0 Å². The normalized spacial score (nSPS) is 13.8. The molecule has 0 saturated heterocycles. The lowest BCUT2D eigenvalue weighted by Crippen LogP contribution is -2.34. The van der Waals surface area contributed by atoms with Crippen LogP contribution < -0.4 is 0 Å². The number of unbranched alkanes of at least 4 members (excludes halogenated alkanes) is 1. The summed E-state index contributed by atoms with van der Waals surface area (Å²) >= 11 is 0. The maximum absolute atomic E-state index is 11.7. The summed E-state index contributed by atoms with van der Waals surface area (Å²) in [5, 5.41) is 0. The summed E-state index contributed by atoms with van der Waals surface area (Å²) in [7, 11) is 0. The average Bonchev–Trinajstić information content (AvgIpc) is 2.47. The number of hydrogen-bond donors (Lipinski definition) is 0. The lowest BCUT2D eigenvalue weighted by Gasteiger charge is -2.32. The molecular weight excluding hydrogens is 268 g/mol. The smallest absolute Gasteiger partial charge is 0.308 e. The molecule has 1 unspecified atom stereocenters. The van der Waals surface area contributed by atoms with Crippen LogP contribution in [0.5, 0.6) is 0 Å². The van der Waals surface area contributed by atoms with E-state index >= 15 is 0 Å². The first-order chi connectivity index (χ1) is 9.90. The standard InChI is InChI=1S/C17H32O4/c1-6-9-11-17(8-3,12-20-15(18)10-7-2)13-21-16(19)14(4)5/h14H,6-13H2,1-5H3. The third-order valence-electron chi connectivity index (χ3n) is 3.80. The molecule has 0 aromatic heterocycles. The molecule has 0 aliphatic rings. The van der Waals surface area contributed by atoms with Crippen LogP contribution in [0.2, 0.25) is 0 Å². The maximum atomic E-state index is 11.7. The largest absolute Gasteiger partial charge is 0.465 e. The van der Waals surface area contributed by atoms with Crippen molar-refractivity contribution in [3.05, 3.63) is 0 Å². The lowest BCUT2D eigenvalue weighted by atomic mass is 9.81. The van der Waals surface area contributed by atoms with Crippen LogP contribution >= 0.6 is 0 Å².